The molecule has 0 bridgehead atoms. The molecule has 0 aliphatic rings. The Labute approximate surface area is 135 Å². The molecule has 3 rings (SSSR count). The van der Waals surface area contributed by atoms with E-state index in [0.29, 0.717) is 0 Å². The second-order valence-corrected chi connectivity index (χ2v) is 8.92. The van der Waals surface area contributed by atoms with Crippen molar-refractivity contribution < 1.29 is 4.39 Å². The van der Waals surface area contributed by atoms with Gasteiger partial charge in [-0.2, -0.15) is 0 Å². The molecule has 0 saturated heterocycles. The van der Waals surface area contributed by atoms with Crippen LogP contribution < -0.4 is 0 Å². The molecule has 0 fully saturated rings. The van der Waals surface area contributed by atoms with Crippen molar-refractivity contribution in [3.63, 3.8) is 0 Å². The van der Waals surface area contributed by atoms with Crippen LogP contribution in [0.25, 0.3) is 10.1 Å². The summed E-state index contributed by atoms with van der Waals surface area (Å²) in [6, 6.07) is 9.21. The first-order valence-electron chi connectivity index (χ1n) is 5.63. The van der Waals surface area contributed by atoms with Gasteiger partial charge in [0, 0.05) is 14.5 Å². The lowest BCUT2D eigenvalue weighted by Crippen LogP contribution is -1.88. The molecule has 0 aliphatic heterocycles. The lowest BCUT2D eigenvalue weighted by atomic mass is 10.1. The Hall–Kier alpha value is -0.230. The first-order chi connectivity index (χ1) is 9.04. The summed E-state index contributed by atoms with van der Waals surface area (Å²) in [5.74, 6) is -0.179. The summed E-state index contributed by atoms with van der Waals surface area (Å²) in [5.41, 5.74) is 1.27. The fraction of sp³-hybridized carbons (Fsp3) is 0.143. The highest BCUT2D eigenvalue weighted by atomic mass is 79.9. The molecular formula is C14H9Br2FS2. The van der Waals surface area contributed by atoms with E-state index in [-0.39, 0.29) is 10.6 Å². The summed E-state index contributed by atoms with van der Waals surface area (Å²) < 4.78 is 15.4. The van der Waals surface area contributed by atoms with Gasteiger partial charge in [-0.3, -0.25) is 0 Å². The smallest absolute Gasteiger partial charge is 0.124 e. The number of thiophene rings is 2. The Morgan fingerprint density at radius 3 is 2.63 bits per heavy atom. The molecule has 1 atom stereocenters. The number of alkyl halides is 1. The zero-order valence-electron chi connectivity index (χ0n) is 9.91. The number of hydrogen-bond donors (Lipinski definition) is 0. The van der Waals surface area contributed by atoms with Crippen molar-refractivity contribution in [3.8, 4) is 0 Å². The minimum Gasteiger partial charge on any atom is -0.207 e. The Morgan fingerprint density at radius 2 is 1.95 bits per heavy atom. The number of halogens is 3. The van der Waals surface area contributed by atoms with Crippen molar-refractivity contribution in [1.29, 1.82) is 0 Å². The van der Waals surface area contributed by atoms with Gasteiger partial charge in [-0.05, 0) is 58.1 Å². The van der Waals surface area contributed by atoms with Crippen LogP contribution in [-0.4, -0.2) is 0 Å². The third kappa shape index (κ3) is 2.66. The zero-order chi connectivity index (χ0) is 13.6. The van der Waals surface area contributed by atoms with Crippen molar-refractivity contribution in [2.24, 2.45) is 0 Å². The Kier molecular flexibility index (Phi) is 3.82. The largest absolute Gasteiger partial charge is 0.207 e. The van der Waals surface area contributed by atoms with Crippen LogP contribution in [-0.2, 0) is 0 Å². The minimum absolute atomic E-state index is 0.163. The van der Waals surface area contributed by atoms with Crippen LogP contribution in [0, 0.1) is 12.7 Å². The SMILES string of the molecule is Cc1sc(Br)cc1C(Br)c1cc2ccc(F)cc2s1. The summed E-state index contributed by atoms with van der Waals surface area (Å²) in [7, 11) is 0. The highest BCUT2D eigenvalue weighted by Crippen LogP contribution is 2.42. The van der Waals surface area contributed by atoms with Gasteiger partial charge in [0.1, 0.15) is 5.82 Å². The van der Waals surface area contributed by atoms with Gasteiger partial charge in [-0.25, -0.2) is 4.39 Å². The topological polar surface area (TPSA) is 0 Å². The van der Waals surface area contributed by atoms with Gasteiger partial charge in [-0.1, -0.05) is 22.0 Å². The monoisotopic (exact) mass is 418 g/mol. The Balaban J connectivity index is 2.06. The molecule has 3 aromatic rings. The van der Waals surface area contributed by atoms with Crippen molar-refractivity contribution in [2.45, 2.75) is 11.8 Å². The number of rotatable bonds is 2. The molecule has 98 valence electrons. The maximum atomic E-state index is 13.2. The third-order valence-corrected chi connectivity index (χ3v) is 6.97. The van der Waals surface area contributed by atoms with E-state index in [1.165, 1.54) is 21.4 Å². The molecule has 1 unspecified atom stereocenters. The van der Waals surface area contributed by atoms with Crippen LogP contribution in [0.2, 0.25) is 0 Å². The number of hydrogen-bond acceptors (Lipinski definition) is 2. The summed E-state index contributed by atoms with van der Waals surface area (Å²) in [5, 5.41) is 1.10. The van der Waals surface area contributed by atoms with Crippen molar-refractivity contribution >= 4 is 64.6 Å². The summed E-state index contributed by atoms with van der Waals surface area (Å²) in [6.45, 7) is 2.12. The van der Waals surface area contributed by atoms with E-state index < -0.39 is 0 Å². The van der Waals surface area contributed by atoms with Crippen LogP contribution in [0.1, 0.15) is 20.1 Å². The van der Waals surface area contributed by atoms with E-state index in [0.717, 1.165) is 13.9 Å². The normalized spacial score (nSPS) is 13.1. The maximum Gasteiger partial charge on any atom is 0.124 e. The molecule has 0 amide bonds. The third-order valence-electron chi connectivity index (χ3n) is 2.95. The van der Waals surface area contributed by atoms with Crippen LogP contribution >= 0.6 is 54.5 Å². The fourth-order valence-corrected chi connectivity index (χ4v) is 5.89. The molecule has 2 heterocycles. The van der Waals surface area contributed by atoms with Gasteiger partial charge in [-0.15, -0.1) is 22.7 Å². The van der Waals surface area contributed by atoms with E-state index in [4.69, 9.17) is 0 Å². The molecule has 0 nitrogen and oxygen atoms in total. The number of aryl methyl sites for hydroxylation is 1. The molecule has 1 aromatic carbocycles. The second-order valence-electron chi connectivity index (χ2n) is 4.26. The molecule has 2 aromatic heterocycles. The molecule has 0 spiro atoms. The predicted octanol–water partition coefficient (Wildman–Crippen LogP) is 6.66. The molecule has 0 radical (unpaired) electrons. The molecule has 5 heteroatoms. The van der Waals surface area contributed by atoms with Crippen LogP contribution in [0.4, 0.5) is 4.39 Å². The molecule has 0 aliphatic carbocycles. The van der Waals surface area contributed by atoms with E-state index in [2.05, 4.69) is 50.9 Å². The second kappa shape index (κ2) is 5.28. The first kappa shape index (κ1) is 13.7. The first-order valence-corrected chi connectivity index (χ1v) is 8.97. The number of benzene rings is 1. The van der Waals surface area contributed by atoms with Crippen molar-refractivity contribution in [2.75, 3.05) is 0 Å². The predicted molar refractivity (Wildman–Crippen MR) is 89.3 cm³/mol. The summed E-state index contributed by atoms with van der Waals surface area (Å²) >= 11 is 10.6. The molecular weight excluding hydrogens is 411 g/mol. The summed E-state index contributed by atoms with van der Waals surface area (Å²) in [6.07, 6.45) is 0. The fourth-order valence-electron chi connectivity index (χ4n) is 2.01. The van der Waals surface area contributed by atoms with E-state index >= 15 is 0 Å². The molecule has 0 N–H and O–H groups in total. The Bertz CT molecular complexity index is 745. The van der Waals surface area contributed by atoms with Crippen LogP contribution in [0.3, 0.4) is 0 Å². The lowest BCUT2D eigenvalue weighted by molar-refractivity contribution is 0.630. The van der Waals surface area contributed by atoms with Gasteiger partial charge < -0.3 is 0 Å². The number of fused-ring (bicyclic) bond motifs is 1. The average molecular weight is 420 g/mol. The van der Waals surface area contributed by atoms with Gasteiger partial charge >= 0.3 is 0 Å². The zero-order valence-corrected chi connectivity index (χ0v) is 14.7. The van der Waals surface area contributed by atoms with Crippen LogP contribution in [0.15, 0.2) is 34.1 Å². The van der Waals surface area contributed by atoms with E-state index in [1.807, 2.05) is 6.07 Å². The standard InChI is InChI=1S/C14H9Br2FS2/c1-7-10(6-13(15)18-7)14(16)12-4-8-2-3-9(17)5-11(8)19-12/h2-6,14H,1H3. The quantitative estimate of drug-likeness (QED) is 0.407. The molecule has 0 saturated carbocycles. The van der Waals surface area contributed by atoms with E-state index in [9.17, 15) is 4.39 Å². The average Bonchev–Trinajstić information content (AvgIpc) is 2.91. The van der Waals surface area contributed by atoms with Crippen molar-refractivity contribution in [1.82, 2.24) is 0 Å². The van der Waals surface area contributed by atoms with Crippen LogP contribution in [0.5, 0.6) is 0 Å². The van der Waals surface area contributed by atoms with E-state index in [1.54, 1.807) is 28.7 Å². The molecule has 19 heavy (non-hydrogen) atoms. The highest BCUT2D eigenvalue weighted by molar-refractivity contribution is 9.11. The van der Waals surface area contributed by atoms with Gasteiger partial charge in [0.05, 0.1) is 8.61 Å². The maximum absolute atomic E-state index is 13.2. The minimum atomic E-state index is -0.179. The highest BCUT2D eigenvalue weighted by Gasteiger charge is 2.17. The van der Waals surface area contributed by atoms with Gasteiger partial charge in [0.25, 0.3) is 0 Å². The summed E-state index contributed by atoms with van der Waals surface area (Å²) in [4.78, 5) is 2.65. The van der Waals surface area contributed by atoms with Crippen molar-refractivity contribution in [3.05, 3.63) is 55.3 Å². The lowest BCUT2D eigenvalue weighted by Gasteiger charge is -2.06. The van der Waals surface area contributed by atoms with Gasteiger partial charge in [0.15, 0.2) is 0 Å². The Morgan fingerprint density at radius 1 is 1.16 bits per heavy atom. The van der Waals surface area contributed by atoms with Gasteiger partial charge in [0.2, 0.25) is 0 Å².